The second kappa shape index (κ2) is 5.45. The number of nitro groups is 1. The third kappa shape index (κ3) is 3.24. The van der Waals surface area contributed by atoms with Crippen molar-refractivity contribution >= 4 is 24.3 Å². The molecule has 2 aromatic rings. The molecule has 1 heterocycles. The van der Waals surface area contributed by atoms with Gasteiger partial charge in [-0.05, 0) is 24.3 Å². The number of nitro benzene ring substituents is 1. The number of nitrogens with zero attached hydrogens (tertiary/aromatic N) is 1. The number of oxazole rings is 1. The number of carbonyl (C=O) groups excluding carboxylic acids is 1. The van der Waals surface area contributed by atoms with Crippen LogP contribution >= 0.6 is 0 Å². The third-order valence-corrected chi connectivity index (χ3v) is 2.45. The normalized spacial score (nSPS) is 11.4. The molecule has 8 nitrogen and oxygen atoms in total. The van der Waals surface area contributed by atoms with E-state index in [1.807, 2.05) is 0 Å². The van der Waals surface area contributed by atoms with Crippen LogP contribution in [0.25, 0.3) is 12.7 Å². The number of nitrogens with one attached hydrogen (secondary N) is 1. The van der Waals surface area contributed by atoms with Crippen molar-refractivity contribution in [3.8, 4) is 5.75 Å². The highest BCUT2D eigenvalue weighted by Gasteiger charge is 2.17. The molecule has 1 aromatic carbocycles. The van der Waals surface area contributed by atoms with Gasteiger partial charge in [-0.15, -0.1) is 0 Å². The van der Waals surface area contributed by atoms with Crippen LogP contribution in [0.4, 0.5) is 5.69 Å². The SMILES string of the molecule is C=c1[nH]c(=Cc2ccc(OC(C)=O)c([N+](=O)[O-])c2)c(=O)o1. The molecule has 0 aliphatic carbocycles. The zero-order valence-electron chi connectivity index (χ0n) is 10.9. The molecule has 108 valence electrons. The van der Waals surface area contributed by atoms with Crippen molar-refractivity contribution in [3.63, 3.8) is 0 Å². The van der Waals surface area contributed by atoms with E-state index in [-0.39, 0.29) is 22.3 Å². The van der Waals surface area contributed by atoms with Gasteiger partial charge in [0, 0.05) is 13.0 Å². The van der Waals surface area contributed by atoms with E-state index in [0.29, 0.717) is 5.56 Å². The number of hydrogen-bond donors (Lipinski definition) is 1. The van der Waals surface area contributed by atoms with Crippen LogP contribution < -0.4 is 21.3 Å². The Hall–Kier alpha value is -3.16. The summed E-state index contributed by atoms with van der Waals surface area (Å²) in [6.07, 6.45) is 1.37. The van der Waals surface area contributed by atoms with Crippen LogP contribution in [-0.2, 0) is 4.79 Å². The van der Waals surface area contributed by atoms with Gasteiger partial charge in [0.15, 0.2) is 5.55 Å². The molecule has 0 bridgehead atoms. The minimum absolute atomic E-state index is 0.0808. The van der Waals surface area contributed by atoms with E-state index < -0.39 is 16.5 Å². The molecule has 0 fully saturated rings. The Morgan fingerprint density at radius 3 is 2.76 bits per heavy atom. The van der Waals surface area contributed by atoms with Crippen LogP contribution in [0, 0.1) is 10.1 Å². The second-order valence-electron chi connectivity index (χ2n) is 4.07. The lowest BCUT2D eigenvalue weighted by Crippen LogP contribution is -2.21. The van der Waals surface area contributed by atoms with E-state index in [0.717, 1.165) is 6.92 Å². The predicted molar refractivity (Wildman–Crippen MR) is 72.1 cm³/mol. The van der Waals surface area contributed by atoms with Crippen molar-refractivity contribution in [3.05, 3.63) is 55.2 Å². The average molecular weight is 290 g/mol. The van der Waals surface area contributed by atoms with Gasteiger partial charge >= 0.3 is 17.3 Å². The van der Waals surface area contributed by atoms with Crippen molar-refractivity contribution in [1.82, 2.24) is 4.98 Å². The summed E-state index contributed by atoms with van der Waals surface area (Å²) < 4.78 is 9.43. The lowest BCUT2D eigenvalue weighted by atomic mass is 10.2. The highest BCUT2D eigenvalue weighted by Crippen LogP contribution is 2.28. The van der Waals surface area contributed by atoms with Crippen LogP contribution in [0.1, 0.15) is 12.5 Å². The van der Waals surface area contributed by atoms with Crippen molar-refractivity contribution in [2.75, 3.05) is 0 Å². The first kappa shape index (κ1) is 14.3. The lowest BCUT2D eigenvalue weighted by Gasteiger charge is -2.03. The van der Waals surface area contributed by atoms with E-state index >= 15 is 0 Å². The van der Waals surface area contributed by atoms with Crippen LogP contribution in [0.15, 0.2) is 27.4 Å². The fraction of sp³-hybridized carbons (Fsp3) is 0.0769. The van der Waals surface area contributed by atoms with Gasteiger partial charge in [-0.2, -0.15) is 0 Å². The summed E-state index contributed by atoms with van der Waals surface area (Å²) in [5.41, 5.74) is -0.569. The molecule has 0 saturated carbocycles. The largest absolute Gasteiger partial charge is 0.419 e. The number of aromatic amines is 1. The van der Waals surface area contributed by atoms with E-state index in [2.05, 4.69) is 16.0 Å². The van der Waals surface area contributed by atoms with Crippen molar-refractivity contribution in [1.29, 1.82) is 0 Å². The zero-order valence-corrected chi connectivity index (χ0v) is 10.9. The smallest absolute Gasteiger partial charge is 0.361 e. The van der Waals surface area contributed by atoms with Gasteiger partial charge in [-0.1, -0.05) is 6.07 Å². The minimum Gasteiger partial charge on any atom is -0.419 e. The summed E-state index contributed by atoms with van der Waals surface area (Å²) in [7, 11) is 0. The quantitative estimate of drug-likeness (QED) is 0.369. The Labute approximate surface area is 117 Å². The van der Waals surface area contributed by atoms with Gasteiger partial charge < -0.3 is 14.1 Å². The number of benzene rings is 1. The highest BCUT2D eigenvalue weighted by atomic mass is 16.6. The summed E-state index contributed by atoms with van der Waals surface area (Å²) in [4.78, 5) is 35.2. The van der Waals surface area contributed by atoms with Gasteiger partial charge in [0.1, 0.15) is 5.35 Å². The number of aromatic nitrogens is 1. The van der Waals surface area contributed by atoms with Gasteiger partial charge in [0.25, 0.3) is 0 Å². The molecule has 0 saturated heterocycles. The van der Waals surface area contributed by atoms with Crippen molar-refractivity contribution < 1.29 is 18.9 Å². The minimum atomic E-state index is -0.681. The molecule has 0 radical (unpaired) electrons. The van der Waals surface area contributed by atoms with E-state index in [9.17, 15) is 19.7 Å². The van der Waals surface area contributed by atoms with Crippen LogP contribution in [0.5, 0.6) is 5.75 Å². The van der Waals surface area contributed by atoms with Gasteiger partial charge in [0.05, 0.1) is 4.92 Å². The molecule has 21 heavy (non-hydrogen) atoms. The summed E-state index contributed by atoms with van der Waals surface area (Å²) >= 11 is 0. The maximum absolute atomic E-state index is 11.4. The maximum Gasteiger partial charge on any atom is 0.361 e. The number of H-pyrrole nitrogens is 1. The fourth-order valence-electron chi connectivity index (χ4n) is 1.66. The number of carbonyl (C=O) groups is 1. The first-order valence-corrected chi connectivity index (χ1v) is 5.73. The molecule has 0 aliphatic heterocycles. The zero-order chi connectivity index (χ0) is 15.6. The van der Waals surface area contributed by atoms with Crippen molar-refractivity contribution in [2.45, 2.75) is 6.92 Å². The second-order valence-corrected chi connectivity index (χ2v) is 4.07. The monoisotopic (exact) mass is 290 g/mol. The maximum atomic E-state index is 11.4. The Morgan fingerprint density at radius 2 is 2.24 bits per heavy atom. The molecular weight excluding hydrogens is 280 g/mol. The topological polar surface area (TPSA) is 115 Å². The molecule has 0 atom stereocenters. The Morgan fingerprint density at radius 1 is 1.52 bits per heavy atom. The van der Waals surface area contributed by atoms with Crippen molar-refractivity contribution in [2.24, 2.45) is 0 Å². The average Bonchev–Trinajstić information content (AvgIpc) is 2.68. The summed E-state index contributed by atoms with van der Waals surface area (Å²) in [6, 6.07) is 3.93. The highest BCUT2D eigenvalue weighted by molar-refractivity contribution is 5.71. The molecule has 0 amide bonds. The first-order chi connectivity index (χ1) is 9.86. The van der Waals surface area contributed by atoms with Crippen LogP contribution in [0.2, 0.25) is 0 Å². The number of ether oxygens (including phenoxy) is 1. The third-order valence-electron chi connectivity index (χ3n) is 2.45. The fourth-order valence-corrected chi connectivity index (χ4v) is 1.66. The number of hydrogen-bond acceptors (Lipinski definition) is 6. The Kier molecular flexibility index (Phi) is 3.70. The van der Waals surface area contributed by atoms with Gasteiger partial charge in [-0.25, -0.2) is 4.79 Å². The Balaban J connectivity index is 2.55. The van der Waals surface area contributed by atoms with Crippen LogP contribution in [-0.4, -0.2) is 15.9 Å². The molecule has 8 heteroatoms. The first-order valence-electron chi connectivity index (χ1n) is 5.73. The lowest BCUT2D eigenvalue weighted by molar-refractivity contribution is -0.385. The summed E-state index contributed by atoms with van der Waals surface area (Å²) in [6.45, 7) is 4.57. The number of esters is 1. The van der Waals surface area contributed by atoms with Gasteiger partial charge in [-0.3, -0.25) is 14.9 Å². The molecule has 0 aliphatic rings. The number of rotatable bonds is 3. The van der Waals surface area contributed by atoms with E-state index in [4.69, 9.17) is 4.74 Å². The molecule has 0 unspecified atom stereocenters. The van der Waals surface area contributed by atoms with E-state index in [1.165, 1.54) is 24.3 Å². The van der Waals surface area contributed by atoms with Gasteiger partial charge in [0.2, 0.25) is 5.75 Å². The Bertz CT molecular complexity index is 877. The predicted octanol–water partition coefficient (Wildman–Crippen LogP) is 0.0405. The molecular formula is C13H10N2O6. The van der Waals surface area contributed by atoms with E-state index in [1.54, 1.807) is 0 Å². The molecule has 2 rings (SSSR count). The standard InChI is InChI=1S/C13H10N2O6/c1-7-14-10(13(17)20-7)5-9-3-4-12(21-8(2)16)11(6-9)15(18)19/h3-6,14H,1H2,2H3. The molecule has 1 aromatic heterocycles. The van der Waals surface area contributed by atoms with Crippen LogP contribution in [0.3, 0.4) is 0 Å². The molecule has 0 spiro atoms. The molecule has 1 N–H and O–H groups in total. The summed E-state index contributed by atoms with van der Waals surface area (Å²) in [5, 5.41) is 11.1. The summed E-state index contributed by atoms with van der Waals surface area (Å²) in [5.74, 6) is -0.831.